The van der Waals surface area contributed by atoms with Gasteiger partial charge >= 0.3 is 0 Å². The molecule has 2 aromatic rings. The number of ether oxygens (including phenoxy) is 1. The van der Waals surface area contributed by atoms with Crippen molar-refractivity contribution in [3.63, 3.8) is 0 Å². The molecular formula is C20H24N2O3. The van der Waals surface area contributed by atoms with Crippen molar-refractivity contribution in [2.75, 3.05) is 20.3 Å². The maximum absolute atomic E-state index is 12.8. The molecule has 1 atom stereocenters. The lowest BCUT2D eigenvalue weighted by Gasteiger charge is -2.30. The van der Waals surface area contributed by atoms with Crippen LogP contribution >= 0.6 is 0 Å². The van der Waals surface area contributed by atoms with Gasteiger partial charge in [0.15, 0.2) is 0 Å². The zero-order valence-electron chi connectivity index (χ0n) is 14.6. The van der Waals surface area contributed by atoms with Crippen LogP contribution in [0.4, 0.5) is 0 Å². The average molecular weight is 340 g/mol. The van der Waals surface area contributed by atoms with E-state index < -0.39 is 6.04 Å². The highest BCUT2D eigenvalue weighted by molar-refractivity contribution is 5.88. The monoisotopic (exact) mass is 340 g/mol. The first-order chi connectivity index (χ1) is 12.1. The number of hydrogen-bond acceptors (Lipinski definition) is 3. The van der Waals surface area contributed by atoms with Crippen LogP contribution in [-0.2, 0) is 20.9 Å². The van der Waals surface area contributed by atoms with Gasteiger partial charge in [-0.05, 0) is 11.1 Å². The summed E-state index contributed by atoms with van der Waals surface area (Å²) in [5, 5.41) is 2.85. The van der Waals surface area contributed by atoms with Crippen LogP contribution in [-0.4, -0.2) is 37.0 Å². The first kappa shape index (κ1) is 18.7. The van der Waals surface area contributed by atoms with Crippen molar-refractivity contribution < 1.29 is 14.3 Å². The number of nitrogens with zero attached hydrogens (tertiary/aromatic N) is 1. The molecule has 25 heavy (non-hydrogen) atoms. The molecule has 0 saturated heterocycles. The number of hydrogen-bond donors (Lipinski definition) is 1. The van der Waals surface area contributed by atoms with E-state index in [1.165, 1.54) is 6.92 Å². The normalized spacial score (nSPS) is 11.6. The molecule has 0 heterocycles. The van der Waals surface area contributed by atoms with E-state index in [0.29, 0.717) is 19.7 Å². The van der Waals surface area contributed by atoms with Crippen LogP contribution in [0.2, 0.25) is 0 Å². The van der Waals surface area contributed by atoms with E-state index in [0.717, 1.165) is 11.1 Å². The predicted octanol–water partition coefficient (Wildman–Crippen LogP) is 2.54. The largest absolute Gasteiger partial charge is 0.383 e. The summed E-state index contributed by atoms with van der Waals surface area (Å²) in [7, 11) is 1.58. The van der Waals surface area contributed by atoms with Crippen molar-refractivity contribution in [2.45, 2.75) is 19.5 Å². The fraction of sp³-hybridized carbons (Fsp3) is 0.300. The number of nitrogens with one attached hydrogen (secondary N) is 1. The number of carbonyl (C=O) groups is 2. The summed E-state index contributed by atoms with van der Waals surface area (Å²) in [5.41, 5.74) is 1.76. The second-order valence-corrected chi connectivity index (χ2v) is 5.73. The Morgan fingerprint density at radius 1 is 1.04 bits per heavy atom. The molecule has 5 heteroatoms. The van der Waals surface area contributed by atoms with Gasteiger partial charge in [-0.15, -0.1) is 0 Å². The lowest BCUT2D eigenvalue weighted by Crippen LogP contribution is -2.43. The Bertz CT molecular complexity index is 674. The molecule has 0 bridgehead atoms. The van der Waals surface area contributed by atoms with Crippen molar-refractivity contribution in [3.8, 4) is 0 Å². The Kier molecular flexibility index (Phi) is 7.16. The minimum atomic E-state index is -0.684. The number of benzene rings is 2. The fourth-order valence-corrected chi connectivity index (χ4v) is 2.65. The first-order valence-corrected chi connectivity index (χ1v) is 8.26. The highest BCUT2D eigenvalue weighted by atomic mass is 16.5. The average Bonchev–Trinajstić information content (AvgIpc) is 2.63. The molecule has 0 aliphatic heterocycles. The molecule has 0 fully saturated rings. The highest BCUT2D eigenvalue weighted by Crippen LogP contribution is 2.23. The van der Waals surface area contributed by atoms with Gasteiger partial charge in [-0.2, -0.15) is 0 Å². The van der Waals surface area contributed by atoms with Gasteiger partial charge < -0.3 is 15.0 Å². The highest BCUT2D eigenvalue weighted by Gasteiger charge is 2.29. The van der Waals surface area contributed by atoms with Gasteiger partial charge in [0.1, 0.15) is 6.04 Å². The lowest BCUT2D eigenvalue weighted by molar-refractivity contribution is -0.140. The van der Waals surface area contributed by atoms with Gasteiger partial charge in [0.05, 0.1) is 6.61 Å². The van der Waals surface area contributed by atoms with Crippen LogP contribution in [0.1, 0.15) is 24.1 Å². The first-order valence-electron chi connectivity index (χ1n) is 8.26. The molecule has 132 valence electrons. The number of methoxy groups -OCH3 is 1. The van der Waals surface area contributed by atoms with E-state index in [-0.39, 0.29) is 11.8 Å². The third kappa shape index (κ3) is 5.43. The molecule has 2 rings (SSSR count). The number of carbonyl (C=O) groups excluding carboxylic acids is 2. The second kappa shape index (κ2) is 9.59. The third-order valence-corrected chi connectivity index (χ3v) is 3.88. The molecule has 0 radical (unpaired) electrons. The van der Waals surface area contributed by atoms with E-state index in [4.69, 9.17) is 4.74 Å². The van der Waals surface area contributed by atoms with Crippen LogP contribution < -0.4 is 5.32 Å². The fourth-order valence-electron chi connectivity index (χ4n) is 2.65. The van der Waals surface area contributed by atoms with Crippen LogP contribution in [0.3, 0.4) is 0 Å². The van der Waals surface area contributed by atoms with Crippen molar-refractivity contribution in [1.29, 1.82) is 0 Å². The Balaban J connectivity index is 2.29. The zero-order chi connectivity index (χ0) is 18.1. The quantitative estimate of drug-likeness (QED) is 0.751. The minimum Gasteiger partial charge on any atom is -0.383 e. The molecule has 5 nitrogen and oxygen atoms in total. The molecule has 1 N–H and O–H groups in total. The van der Waals surface area contributed by atoms with Gasteiger partial charge in [-0.3, -0.25) is 9.59 Å². The smallest absolute Gasteiger partial charge is 0.247 e. The predicted molar refractivity (Wildman–Crippen MR) is 96.7 cm³/mol. The second-order valence-electron chi connectivity index (χ2n) is 5.73. The molecule has 0 aliphatic carbocycles. The Hall–Kier alpha value is -2.66. The van der Waals surface area contributed by atoms with Gasteiger partial charge in [0, 0.05) is 27.1 Å². The Morgan fingerprint density at radius 2 is 1.64 bits per heavy atom. The van der Waals surface area contributed by atoms with Crippen molar-refractivity contribution in [3.05, 3.63) is 71.8 Å². The van der Waals surface area contributed by atoms with E-state index >= 15 is 0 Å². The summed E-state index contributed by atoms with van der Waals surface area (Å²) < 4.78 is 4.99. The SMILES string of the molecule is COCCNC(=O)C(c1ccccc1)N(Cc1ccccc1)C(C)=O. The van der Waals surface area contributed by atoms with E-state index in [2.05, 4.69) is 5.32 Å². The maximum atomic E-state index is 12.8. The van der Waals surface area contributed by atoms with Crippen LogP contribution in [0.15, 0.2) is 60.7 Å². The number of rotatable bonds is 8. The van der Waals surface area contributed by atoms with Crippen LogP contribution in [0.5, 0.6) is 0 Å². The molecule has 1 unspecified atom stereocenters. The Labute approximate surface area is 148 Å². The molecule has 0 spiro atoms. The molecule has 0 aromatic heterocycles. The van der Waals surface area contributed by atoms with Gasteiger partial charge in [-0.1, -0.05) is 60.7 Å². The summed E-state index contributed by atoms with van der Waals surface area (Å²) in [6.45, 7) is 2.68. The van der Waals surface area contributed by atoms with E-state index in [9.17, 15) is 9.59 Å². The molecule has 2 amide bonds. The Morgan fingerprint density at radius 3 is 2.20 bits per heavy atom. The van der Waals surface area contributed by atoms with Crippen molar-refractivity contribution >= 4 is 11.8 Å². The van der Waals surface area contributed by atoms with Crippen molar-refractivity contribution in [2.24, 2.45) is 0 Å². The van der Waals surface area contributed by atoms with E-state index in [1.807, 2.05) is 60.7 Å². The summed E-state index contributed by atoms with van der Waals surface area (Å²) >= 11 is 0. The maximum Gasteiger partial charge on any atom is 0.247 e. The lowest BCUT2D eigenvalue weighted by atomic mass is 10.0. The summed E-state index contributed by atoms with van der Waals surface area (Å²) in [6.07, 6.45) is 0. The third-order valence-electron chi connectivity index (χ3n) is 3.88. The van der Waals surface area contributed by atoms with Crippen molar-refractivity contribution in [1.82, 2.24) is 10.2 Å². The summed E-state index contributed by atoms with van der Waals surface area (Å²) in [5.74, 6) is -0.367. The number of amides is 2. The van der Waals surface area contributed by atoms with E-state index in [1.54, 1.807) is 12.0 Å². The minimum absolute atomic E-state index is 0.153. The van der Waals surface area contributed by atoms with Crippen LogP contribution in [0.25, 0.3) is 0 Å². The molecule has 0 aliphatic rings. The molecular weight excluding hydrogens is 316 g/mol. The van der Waals surface area contributed by atoms with Gasteiger partial charge in [-0.25, -0.2) is 0 Å². The topological polar surface area (TPSA) is 58.6 Å². The molecule has 0 saturated carbocycles. The standard InChI is InChI=1S/C20H24N2O3/c1-16(23)22(15-17-9-5-3-6-10-17)19(18-11-7-4-8-12-18)20(24)21-13-14-25-2/h3-12,19H,13-15H2,1-2H3,(H,21,24). The van der Waals surface area contributed by atoms with Gasteiger partial charge in [0.2, 0.25) is 11.8 Å². The zero-order valence-corrected chi connectivity index (χ0v) is 14.6. The van der Waals surface area contributed by atoms with Gasteiger partial charge in [0.25, 0.3) is 0 Å². The molecule has 2 aromatic carbocycles. The van der Waals surface area contributed by atoms with Crippen LogP contribution in [0, 0.1) is 0 Å². The summed E-state index contributed by atoms with van der Waals surface area (Å²) in [6, 6.07) is 18.3. The summed E-state index contributed by atoms with van der Waals surface area (Å²) in [4.78, 5) is 26.7.